The van der Waals surface area contributed by atoms with Crippen molar-refractivity contribution in [3.05, 3.63) is 24.2 Å². The van der Waals surface area contributed by atoms with Crippen LogP contribution in [0.5, 0.6) is 0 Å². The SMILES string of the molecule is O=C(NCc1ccco1)NC(C(=O)O)C1CCCCC1. The third-order valence-corrected chi connectivity index (χ3v) is 3.68. The van der Waals surface area contributed by atoms with Crippen LogP contribution in [0.4, 0.5) is 4.79 Å². The number of nitrogens with one attached hydrogen (secondary N) is 2. The predicted octanol–water partition coefficient (Wildman–Crippen LogP) is 2.11. The van der Waals surface area contributed by atoms with Gasteiger partial charge in [0.05, 0.1) is 12.8 Å². The van der Waals surface area contributed by atoms with Gasteiger partial charge in [-0.3, -0.25) is 0 Å². The number of urea groups is 1. The Morgan fingerprint density at radius 3 is 2.70 bits per heavy atom. The first-order valence-corrected chi connectivity index (χ1v) is 6.96. The highest BCUT2D eigenvalue weighted by Gasteiger charge is 2.30. The molecule has 0 saturated heterocycles. The molecule has 3 N–H and O–H groups in total. The van der Waals surface area contributed by atoms with Crippen molar-refractivity contribution in [3.63, 3.8) is 0 Å². The minimum Gasteiger partial charge on any atom is -0.480 e. The molecular weight excluding hydrogens is 260 g/mol. The highest BCUT2D eigenvalue weighted by Crippen LogP contribution is 2.26. The Labute approximate surface area is 117 Å². The largest absolute Gasteiger partial charge is 0.480 e. The molecular formula is C14H20N2O4. The molecule has 20 heavy (non-hydrogen) atoms. The van der Waals surface area contributed by atoms with Crippen LogP contribution in [0.25, 0.3) is 0 Å². The van der Waals surface area contributed by atoms with Gasteiger partial charge in [-0.05, 0) is 30.9 Å². The number of carboxylic acids is 1. The molecule has 0 radical (unpaired) electrons. The molecule has 1 unspecified atom stereocenters. The fraction of sp³-hybridized carbons (Fsp3) is 0.571. The molecule has 0 aromatic carbocycles. The van der Waals surface area contributed by atoms with Crippen LogP contribution in [0.2, 0.25) is 0 Å². The molecule has 6 nitrogen and oxygen atoms in total. The summed E-state index contributed by atoms with van der Waals surface area (Å²) in [4.78, 5) is 23.1. The molecule has 1 aromatic rings. The fourth-order valence-corrected chi connectivity index (χ4v) is 2.62. The summed E-state index contributed by atoms with van der Waals surface area (Å²) in [7, 11) is 0. The Kier molecular flexibility index (Phi) is 5.03. The number of hydrogen-bond acceptors (Lipinski definition) is 3. The van der Waals surface area contributed by atoms with Crippen molar-refractivity contribution in [2.45, 2.75) is 44.7 Å². The molecule has 1 saturated carbocycles. The number of carboxylic acid groups (broad SMARTS) is 1. The molecule has 1 aliphatic rings. The van der Waals surface area contributed by atoms with E-state index in [9.17, 15) is 14.7 Å². The van der Waals surface area contributed by atoms with Gasteiger partial charge >= 0.3 is 12.0 Å². The van der Waals surface area contributed by atoms with E-state index in [2.05, 4.69) is 10.6 Å². The Hall–Kier alpha value is -1.98. The molecule has 1 heterocycles. The van der Waals surface area contributed by atoms with Crippen molar-refractivity contribution in [1.29, 1.82) is 0 Å². The van der Waals surface area contributed by atoms with Crippen LogP contribution in [0.3, 0.4) is 0 Å². The van der Waals surface area contributed by atoms with Crippen LogP contribution >= 0.6 is 0 Å². The number of aliphatic carboxylic acids is 1. The van der Waals surface area contributed by atoms with Crippen molar-refractivity contribution in [3.8, 4) is 0 Å². The first-order valence-electron chi connectivity index (χ1n) is 6.96. The standard InChI is InChI=1S/C14H20N2O4/c17-13(18)12(10-5-2-1-3-6-10)16-14(19)15-9-11-7-4-8-20-11/h4,7-8,10,12H,1-3,5-6,9H2,(H,17,18)(H2,15,16,19). The van der Waals surface area contributed by atoms with E-state index < -0.39 is 18.0 Å². The van der Waals surface area contributed by atoms with Gasteiger partial charge in [0.25, 0.3) is 0 Å². The van der Waals surface area contributed by atoms with Gasteiger partial charge in [0.1, 0.15) is 11.8 Å². The summed E-state index contributed by atoms with van der Waals surface area (Å²) in [5, 5.41) is 14.4. The summed E-state index contributed by atoms with van der Waals surface area (Å²) in [6.45, 7) is 0.246. The minimum absolute atomic E-state index is 0.0237. The summed E-state index contributed by atoms with van der Waals surface area (Å²) in [6.07, 6.45) is 6.45. The summed E-state index contributed by atoms with van der Waals surface area (Å²) in [5.41, 5.74) is 0. The lowest BCUT2D eigenvalue weighted by atomic mass is 9.84. The van der Waals surface area contributed by atoms with Crippen LogP contribution in [-0.2, 0) is 11.3 Å². The van der Waals surface area contributed by atoms with E-state index in [0.717, 1.165) is 32.1 Å². The van der Waals surface area contributed by atoms with E-state index in [0.29, 0.717) is 5.76 Å². The molecule has 0 aliphatic heterocycles. The Balaban J connectivity index is 1.83. The molecule has 0 spiro atoms. The zero-order chi connectivity index (χ0) is 14.4. The van der Waals surface area contributed by atoms with Crippen molar-refractivity contribution >= 4 is 12.0 Å². The second-order valence-electron chi connectivity index (χ2n) is 5.12. The van der Waals surface area contributed by atoms with Gasteiger partial charge in [-0.25, -0.2) is 9.59 Å². The highest BCUT2D eigenvalue weighted by molar-refractivity contribution is 5.82. The van der Waals surface area contributed by atoms with Crippen LogP contribution in [0.15, 0.2) is 22.8 Å². The first-order chi connectivity index (χ1) is 9.66. The quantitative estimate of drug-likeness (QED) is 0.770. The zero-order valence-corrected chi connectivity index (χ0v) is 11.3. The zero-order valence-electron chi connectivity index (χ0n) is 11.3. The average molecular weight is 280 g/mol. The van der Waals surface area contributed by atoms with Crippen LogP contribution in [0, 0.1) is 5.92 Å². The molecule has 1 atom stereocenters. The van der Waals surface area contributed by atoms with Gasteiger partial charge in [-0.1, -0.05) is 19.3 Å². The molecule has 1 fully saturated rings. The van der Waals surface area contributed by atoms with Crippen LogP contribution < -0.4 is 10.6 Å². The molecule has 0 bridgehead atoms. The topological polar surface area (TPSA) is 91.6 Å². The maximum absolute atomic E-state index is 11.8. The fourth-order valence-electron chi connectivity index (χ4n) is 2.62. The summed E-state index contributed by atoms with van der Waals surface area (Å²) >= 11 is 0. The molecule has 1 aliphatic carbocycles. The molecule has 110 valence electrons. The average Bonchev–Trinajstić information content (AvgIpc) is 2.96. The van der Waals surface area contributed by atoms with E-state index >= 15 is 0 Å². The Bertz CT molecular complexity index is 438. The van der Waals surface area contributed by atoms with Gasteiger partial charge in [0.2, 0.25) is 0 Å². The van der Waals surface area contributed by atoms with Crippen molar-refractivity contribution in [2.75, 3.05) is 0 Å². The minimum atomic E-state index is -0.968. The number of hydrogen-bond donors (Lipinski definition) is 3. The van der Waals surface area contributed by atoms with Gasteiger partial charge < -0.3 is 20.2 Å². The van der Waals surface area contributed by atoms with Crippen molar-refractivity contribution in [2.24, 2.45) is 5.92 Å². The second-order valence-corrected chi connectivity index (χ2v) is 5.12. The van der Waals surface area contributed by atoms with Gasteiger partial charge in [-0.2, -0.15) is 0 Å². The molecule has 1 aromatic heterocycles. The third-order valence-electron chi connectivity index (χ3n) is 3.68. The summed E-state index contributed by atoms with van der Waals surface area (Å²) in [6, 6.07) is 2.19. The molecule has 2 amide bonds. The van der Waals surface area contributed by atoms with Gasteiger partial charge in [0.15, 0.2) is 0 Å². The lowest BCUT2D eigenvalue weighted by Crippen LogP contribution is -2.50. The highest BCUT2D eigenvalue weighted by atomic mass is 16.4. The second kappa shape index (κ2) is 6.98. The van der Waals surface area contributed by atoms with E-state index in [1.54, 1.807) is 12.1 Å². The Morgan fingerprint density at radius 2 is 2.10 bits per heavy atom. The van der Waals surface area contributed by atoms with E-state index in [1.165, 1.54) is 6.26 Å². The number of amides is 2. The summed E-state index contributed by atoms with van der Waals surface area (Å²) < 4.78 is 5.09. The molecule has 6 heteroatoms. The normalized spacial score (nSPS) is 17.4. The van der Waals surface area contributed by atoms with Crippen LogP contribution in [-0.4, -0.2) is 23.1 Å². The summed E-state index contributed by atoms with van der Waals surface area (Å²) in [5.74, 6) is -0.314. The lowest BCUT2D eigenvalue weighted by Gasteiger charge is -2.27. The maximum Gasteiger partial charge on any atom is 0.326 e. The number of carbonyl (C=O) groups excluding carboxylic acids is 1. The maximum atomic E-state index is 11.8. The van der Waals surface area contributed by atoms with Gasteiger partial charge in [-0.15, -0.1) is 0 Å². The predicted molar refractivity (Wildman–Crippen MR) is 72.1 cm³/mol. The van der Waals surface area contributed by atoms with Crippen LogP contribution in [0.1, 0.15) is 37.9 Å². The number of rotatable bonds is 5. The number of furan rings is 1. The van der Waals surface area contributed by atoms with E-state index in [4.69, 9.17) is 4.42 Å². The van der Waals surface area contributed by atoms with Crippen molar-refractivity contribution in [1.82, 2.24) is 10.6 Å². The first kappa shape index (κ1) is 14.4. The van der Waals surface area contributed by atoms with E-state index in [-0.39, 0.29) is 12.5 Å². The smallest absolute Gasteiger partial charge is 0.326 e. The molecule has 2 rings (SSSR count). The van der Waals surface area contributed by atoms with Crippen molar-refractivity contribution < 1.29 is 19.1 Å². The third kappa shape index (κ3) is 4.01. The number of carbonyl (C=O) groups is 2. The lowest BCUT2D eigenvalue weighted by molar-refractivity contribution is -0.141. The Morgan fingerprint density at radius 1 is 1.35 bits per heavy atom. The van der Waals surface area contributed by atoms with E-state index in [1.807, 2.05) is 0 Å². The monoisotopic (exact) mass is 280 g/mol. The van der Waals surface area contributed by atoms with Gasteiger partial charge in [0, 0.05) is 0 Å².